The van der Waals surface area contributed by atoms with Gasteiger partial charge in [-0.15, -0.1) is 65.4 Å². The Bertz CT molecular complexity index is 2790. The van der Waals surface area contributed by atoms with Gasteiger partial charge in [0.05, 0.1) is 5.58 Å². The van der Waals surface area contributed by atoms with Crippen molar-refractivity contribution in [1.29, 1.82) is 0 Å². The third kappa shape index (κ3) is 6.42. The van der Waals surface area contributed by atoms with E-state index in [4.69, 9.17) is 11.3 Å². The number of nitrogens with zero attached hydrogens (tertiary/aromatic N) is 2. The zero-order valence-corrected chi connectivity index (χ0v) is 30.3. The fraction of sp³-hybridized carbons (Fsp3) is 0.136. The molecule has 0 atom stereocenters. The third-order valence-corrected chi connectivity index (χ3v) is 9.44. The summed E-state index contributed by atoms with van der Waals surface area (Å²) in [6.45, 7) is 3.65. The molecule has 243 valence electrons. The van der Waals surface area contributed by atoms with Crippen LogP contribution in [0.4, 0.5) is 0 Å². The van der Waals surface area contributed by atoms with E-state index in [1.807, 2.05) is 68.5 Å². The first-order chi connectivity index (χ1) is 25.3. The first-order valence-electron chi connectivity index (χ1n) is 18.3. The molecule has 0 aliphatic carbocycles. The van der Waals surface area contributed by atoms with Crippen LogP contribution in [-0.2, 0) is 26.5 Å². The van der Waals surface area contributed by atoms with E-state index in [2.05, 4.69) is 70.6 Å². The second-order valence-electron chi connectivity index (χ2n) is 12.8. The number of benzene rings is 5. The van der Waals surface area contributed by atoms with Gasteiger partial charge >= 0.3 is 0 Å². The van der Waals surface area contributed by atoms with E-state index in [-0.39, 0.29) is 25.7 Å². The number of thiophene rings is 1. The Labute approximate surface area is 311 Å². The van der Waals surface area contributed by atoms with Crippen molar-refractivity contribution < 1.29 is 31.4 Å². The predicted octanol–water partition coefficient (Wildman–Crippen LogP) is 12.4. The number of hydrogen-bond acceptors (Lipinski definition) is 4. The summed E-state index contributed by atoms with van der Waals surface area (Å²) >= 11 is 1.82. The van der Waals surface area contributed by atoms with Crippen molar-refractivity contribution >= 4 is 64.2 Å². The summed E-state index contributed by atoms with van der Waals surface area (Å²) in [6.07, 6.45) is 1.55. The van der Waals surface area contributed by atoms with Crippen LogP contribution in [-0.4, -0.2) is 9.97 Å². The van der Waals surface area contributed by atoms with Crippen LogP contribution in [0, 0.1) is 24.4 Å². The van der Waals surface area contributed by atoms with Crippen LogP contribution in [0.3, 0.4) is 0 Å². The molecule has 0 aliphatic heterocycles. The van der Waals surface area contributed by atoms with Crippen molar-refractivity contribution in [2.24, 2.45) is 5.41 Å². The van der Waals surface area contributed by atoms with Gasteiger partial charge in [0, 0.05) is 75.7 Å². The van der Waals surface area contributed by atoms with E-state index >= 15 is 0 Å². The van der Waals surface area contributed by atoms with Gasteiger partial charge in [0.15, 0.2) is 0 Å². The van der Waals surface area contributed by atoms with Crippen LogP contribution < -0.4 is 0 Å². The quantitative estimate of drug-likeness (QED) is 0.166. The Morgan fingerprint density at radius 2 is 1.49 bits per heavy atom. The van der Waals surface area contributed by atoms with Crippen molar-refractivity contribution in [2.75, 3.05) is 0 Å². The van der Waals surface area contributed by atoms with Crippen molar-refractivity contribution in [2.45, 2.75) is 34.0 Å². The molecule has 0 bridgehead atoms. The molecule has 9 aromatic rings. The molecular weight excluding hydrogens is 797 g/mol. The summed E-state index contributed by atoms with van der Waals surface area (Å²) in [7, 11) is 0. The van der Waals surface area contributed by atoms with Gasteiger partial charge in [-0.05, 0) is 53.8 Å². The summed E-state index contributed by atoms with van der Waals surface area (Å²) in [6, 6.07) is 41.9. The van der Waals surface area contributed by atoms with Gasteiger partial charge in [-0.25, -0.2) is 0 Å². The average molecular weight is 836 g/mol. The second kappa shape index (κ2) is 13.3. The topological polar surface area (TPSA) is 38.9 Å². The minimum Gasteiger partial charge on any atom is -0.500 e. The molecule has 49 heavy (non-hydrogen) atoms. The number of furan rings is 1. The summed E-state index contributed by atoms with van der Waals surface area (Å²) < 4.78 is 48.3. The molecule has 4 heterocycles. The van der Waals surface area contributed by atoms with Crippen molar-refractivity contribution in [3.05, 3.63) is 145 Å². The number of aryl methyl sites for hydroxylation is 1. The van der Waals surface area contributed by atoms with Crippen LogP contribution in [0.5, 0.6) is 0 Å². The molecule has 0 unspecified atom stereocenters. The molecule has 0 fully saturated rings. The molecule has 9 rings (SSSR count). The van der Waals surface area contributed by atoms with Gasteiger partial charge < -0.3 is 14.4 Å². The number of aromatic nitrogens is 2. The Morgan fingerprint density at radius 1 is 0.735 bits per heavy atom. The molecule has 0 saturated heterocycles. The number of hydrogen-bond donors (Lipinski definition) is 0. The first-order valence-corrected chi connectivity index (χ1v) is 16.6. The van der Waals surface area contributed by atoms with E-state index in [1.54, 1.807) is 30.5 Å². The van der Waals surface area contributed by atoms with Crippen LogP contribution in [0.2, 0.25) is 0 Å². The van der Waals surface area contributed by atoms with E-state index in [0.717, 1.165) is 44.1 Å². The maximum Gasteiger partial charge on any atom is 0.128 e. The van der Waals surface area contributed by atoms with E-state index < -0.39 is 18.6 Å². The molecule has 5 aromatic carbocycles. The summed E-state index contributed by atoms with van der Waals surface area (Å²) in [4.78, 5) is 8.72. The second-order valence-corrected chi connectivity index (χ2v) is 13.8. The van der Waals surface area contributed by atoms with Gasteiger partial charge in [0.2, 0.25) is 0 Å². The molecule has 0 amide bonds. The summed E-state index contributed by atoms with van der Waals surface area (Å²) in [5, 5.41) is 6.89. The Kier molecular flexibility index (Phi) is 7.39. The SMILES string of the molecule is [2H]C([2H])([2H])c1ccc(-c2[c-]cccc2)nc1.[2H]C([2H])(c1ccnc(-c2[c-]ccc3c2oc2c3ccc3c2ccc2c4ccccc4sc23)c1)C(C)(C)C.[Ir]. The fourth-order valence-electron chi connectivity index (χ4n) is 6.16. The Balaban J connectivity index is 0.000000223. The minimum atomic E-state index is -2.09. The van der Waals surface area contributed by atoms with E-state index in [9.17, 15) is 0 Å². The van der Waals surface area contributed by atoms with Crippen LogP contribution in [0.1, 0.15) is 38.8 Å². The smallest absolute Gasteiger partial charge is 0.128 e. The molecule has 0 aliphatic rings. The van der Waals surface area contributed by atoms with E-state index in [0.29, 0.717) is 11.3 Å². The van der Waals surface area contributed by atoms with Gasteiger partial charge in [-0.2, -0.15) is 0 Å². The maximum absolute atomic E-state index is 8.73. The Morgan fingerprint density at radius 3 is 2.24 bits per heavy atom. The largest absolute Gasteiger partial charge is 0.500 e. The number of rotatable bonds is 3. The summed E-state index contributed by atoms with van der Waals surface area (Å²) in [5.74, 6) is 0. The van der Waals surface area contributed by atoms with Crippen molar-refractivity contribution in [3.63, 3.8) is 0 Å². The Hall–Kier alpha value is -4.67. The van der Waals surface area contributed by atoms with Gasteiger partial charge in [0.1, 0.15) is 5.58 Å². The van der Waals surface area contributed by atoms with Crippen LogP contribution >= 0.6 is 11.3 Å². The van der Waals surface area contributed by atoms with Crippen molar-refractivity contribution in [1.82, 2.24) is 9.97 Å². The first kappa shape index (κ1) is 27.2. The van der Waals surface area contributed by atoms with Gasteiger partial charge in [-0.1, -0.05) is 91.9 Å². The number of pyridine rings is 2. The maximum atomic E-state index is 8.73. The van der Waals surface area contributed by atoms with Crippen molar-refractivity contribution in [3.8, 4) is 22.5 Å². The molecular formula is C44H34IrN2OS-2. The molecule has 0 saturated carbocycles. The predicted molar refractivity (Wildman–Crippen MR) is 203 cm³/mol. The van der Waals surface area contributed by atoms with Gasteiger partial charge in [-0.3, -0.25) is 0 Å². The molecule has 4 aromatic heterocycles. The van der Waals surface area contributed by atoms with Gasteiger partial charge in [0.25, 0.3) is 0 Å². The average Bonchev–Trinajstić information content (AvgIpc) is 3.74. The molecule has 0 spiro atoms. The van der Waals surface area contributed by atoms with E-state index in [1.165, 1.54) is 31.8 Å². The fourth-order valence-corrected chi connectivity index (χ4v) is 7.39. The van der Waals surface area contributed by atoms with Crippen LogP contribution in [0.25, 0.3) is 75.4 Å². The molecule has 1 radical (unpaired) electrons. The third-order valence-electron chi connectivity index (χ3n) is 8.22. The molecule has 3 nitrogen and oxygen atoms in total. The molecule has 0 N–H and O–H groups in total. The monoisotopic (exact) mass is 836 g/mol. The zero-order chi connectivity index (χ0) is 37.1. The summed E-state index contributed by atoms with van der Waals surface area (Å²) in [5.41, 5.74) is 4.88. The molecule has 5 heteroatoms. The standard InChI is InChI=1S/C32H24NOS.C12H10N.Ir/c1-32(2,3)18-19-15-16-33-27(17-19)26-9-6-8-21-22-11-14-25-23(29(22)34-30(21)26)12-13-24-20-7-4-5-10-28(20)35-31(24)25;1-10-7-8-12(13-9-10)11-5-3-2-4-6-11;/h4-8,10-17H,18H2,1-3H3;2-5,7-9H,1H3;/q2*-1;/i18D2;1D3;. The van der Waals surface area contributed by atoms with Crippen LogP contribution in [0.15, 0.2) is 126 Å². The number of fused-ring (bicyclic) bond motifs is 9. The minimum absolute atomic E-state index is 0. The normalized spacial score (nSPS) is 13.7. The zero-order valence-electron chi connectivity index (χ0n) is 32.1.